The summed E-state index contributed by atoms with van der Waals surface area (Å²) in [6.07, 6.45) is 7.57. The molecule has 25 heavy (non-hydrogen) atoms. The SMILES string of the molecule is CCc1ccccc1CN1CCc2nc(C3=NCCCC3)ncc2C1. The summed E-state index contributed by atoms with van der Waals surface area (Å²) in [6.45, 7) is 6.18. The summed E-state index contributed by atoms with van der Waals surface area (Å²) in [4.78, 5) is 16.6. The summed E-state index contributed by atoms with van der Waals surface area (Å²) in [5, 5.41) is 0. The first-order valence-corrected chi connectivity index (χ1v) is 9.51. The summed E-state index contributed by atoms with van der Waals surface area (Å²) >= 11 is 0. The van der Waals surface area contributed by atoms with Crippen LogP contribution in [0.1, 0.15) is 54.4 Å². The number of hydrogen-bond acceptors (Lipinski definition) is 4. The van der Waals surface area contributed by atoms with Crippen molar-refractivity contribution in [2.45, 2.75) is 52.1 Å². The highest BCUT2D eigenvalue weighted by atomic mass is 15.1. The molecule has 2 aliphatic rings. The molecule has 4 rings (SSSR count). The zero-order valence-corrected chi connectivity index (χ0v) is 15.0. The minimum absolute atomic E-state index is 0.864. The summed E-state index contributed by atoms with van der Waals surface area (Å²) in [5.74, 6) is 0.864. The highest BCUT2D eigenvalue weighted by molar-refractivity contribution is 5.97. The maximum Gasteiger partial charge on any atom is 0.173 e. The molecule has 130 valence electrons. The molecule has 1 aromatic heterocycles. The molecular formula is C21H26N4. The monoisotopic (exact) mass is 334 g/mol. The lowest BCUT2D eigenvalue weighted by molar-refractivity contribution is 0.242. The second kappa shape index (κ2) is 7.44. The van der Waals surface area contributed by atoms with Gasteiger partial charge in [0.2, 0.25) is 0 Å². The number of aromatic nitrogens is 2. The Hall–Kier alpha value is -2.07. The van der Waals surface area contributed by atoms with E-state index in [2.05, 4.69) is 46.1 Å². The van der Waals surface area contributed by atoms with Gasteiger partial charge in [-0.05, 0) is 36.8 Å². The van der Waals surface area contributed by atoms with Gasteiger partial charge in [-0.15, -0.1) is 0 Å². The Labute approximate surface area is 150 Å². The lowest BCUT2D eigenvalue weighted by Gasteiger charge is -2.29. The van der Waals surface area contributed by atoms with Crippen LogP contribution in [0.25, 0.3) is 0 Å². The van der Waals surface area contributed by atoms with Crippen LogP contribution in [0.5, 0.6) is 0 Å². The maximum absolute atomic E-state index is 4.84. The fourth-order valence-electron chi connectivity index (χ4n) is 3.83. The van der Waals surface area contributed by atoms with E-state index in [0.29, 0.717) is 0 Å². The van der Waals surface area contributed by atoms with Gasteiger partial charge in [0.1, 0.15) is 0 Å². The largest absolute Gasteiger partial charge is 0.294 e. The third-order valence-corrected chi connectivity index (χ3v) is 5.29. The van der Waals surface area contributed by atoms with E-state index in [-0.39, 0.29) is 0 Å². The Kier molecular flexibility index (Phi) is 4.88. The molecule has 0 N–H and O–H groups in total. The third kappa shape index (κ3) is 3.64. The lowest BCUT2D eigenvalue weighted by atomic mass is 10.0. The van der Waals surface area contributed by atoms with Crippen molar-refractivity contribution in [2.75, 3.05) is 13.1 Å². The Bertz CT molecular complexity index is 781. The third-order valence-electron chi connectivity index (χ3n) is 5.29. The normalized spacial score (nSPS) is 17.9. The van der Waals surface area contributed by atoms with Crippen LogP contribution in [0.15, 0.2) is 35.5 Å². The van der Waals surface area contributed by atoms with Crippen molar-refractivity contribution in [1.29, 1.82) is 0 Å². The summed E-state index contributed by atoms with van der Waals surface area (Å²) in [5.41, 5.74) is 6.50. The fourth-order valence-corrected chi connectivity index (χ4v) is 3.83. The van der Waals surface area contributed by atoms with Gasteiger partial charge in [0.05, 0.1) is 11.4 Å². The summed E-state index contributed by atoms with van der Waals surface area (Å²) in [6, 6.07) is 8.78. The average molecular weight is 334 g/mol. The van der Waals surface area contributed by atoms with E-state index in [1.165, 1.54) is 35.2 Å². The van der Waals surface area contributed by atoms with Gasteiger partial charge in [-0.25, -0.2) is 9.97 Å². The van der Waals surface area contributed by atoms with E-state index >= 15 is 0 Å². The van der Waals surface area contributed by atoms with Crippen molar-refractivity contribution < 1.29 is 0 Å². The van der Waals surface area contributed by atoms with Crippen molar-refractivity contribution in [3.63, 3.8) is 0 Å². The summed E-state index contributed by atoms with van der Waals surface area (Å²) in [7, 11) is 0. The Balaban J connectivity index is 1.49. The van der Waals surface area contributed by atoms with Crippen LogP contribution in [0.4, 0.5) is 0 Å². The molecule has 4 nitrogen and oxygen atoms in total. The van der Waals surface area contributed by atoms with Crippen LogP contribution in [-0.4, -0.2) is 33.7 Å². The highest BCUT2D eigenvalue weighted by Crippen LogP contribution is 2.21. The zero-order valence-electron chi connectivity index (χ0n) is 15.0. The molecule has 0 amide bonds. The molecule has 3 heterocycles. The predicted molar refractivity (Wildman–Crippen MR) is 101 cm³/mol. The molecule has 0 radical (unpaired) electrons. The summed E-state index contributed by atoms with van der Waals surface area (Å²) < 4.78 is 0. The van der Waals surface area contributed by atoms with E-state index in [1.807, 2.05) is 6.20 Å². The van der Waals surface area contributed by atoms with Crippen molar-refractivity contribution >= 4 is 5.71 Å². The van der Waals surface area contributed by atoms with Gasteiger partial charge >= 0.3 is 0 Å². The van der Waals surface area contributed by atoms with Gasteiger partial charge in [0.15, 0.2) is 5.82 Å². The molecule has 0 atom stereocenters. The Morgan fingerprint density at radius 3 is 2.76 bits per heavy atom. The molecule has 0 bridgehead atoms. The predicted octanol–water partition coefficient (Wildman–Crippen LogP) is 3.57. The van der Waals surface area contributed by atoms with Crippen LogP contribution < -0.4 is 0 Å². The Morgan fingerprint density at radius 1 is 1.08 bits per heavy atom. The molecule has 0 fully saturated rings. The van der Waals surface area contributed by atoms with E-state index in [1.54, 1.807) is 0 Å². The molecular weight excluding hydrogens is 308 g/mol. The van der Waals surface area contributed by atoms with Crippen molar-refractivity contribution in [3.8, 4) is 0 Å². The number of fused-ring (bicyclic) bond motifs is 1. The van der Waals surface area contributed by atoms with Crippen molar-refractivity contribution in [2.24, 2.45) is 4.99 Å². The molecule has 1 aromatic carbocycles. The zero-order chi connectivity index (χ0) is 17.1. The minimum atomic E-state index is 0.864. The second-order valence-corrected chi connectivity index (χ2v) is 7.03. The molecule has 2 aromatic rings. The number of aryl methyl sites for hydroxylation is 1. The number of aliphatic imine (C=N–C) groups is 1. The van der Waals surface area contributed by atoms with Crippen LogP contribution in [0.2, 0.25) is 0 Å². The van der Waals surface area contributed by atoms with E-state index < -0.39 is 0 Å². The van der Waals surface area contributed by atoms with E-state index in [4.69, 9.17) is 4.98 Å². The lowest BCUT2D eigenvalue weighted by Crippen LogP contribution is -2.31. The van der Waals surface area contributed by atoms with Crippen molar-refractivity contribution in [3.05, 3.63) is 58.7 Å². The van der Waals surface area contributed by atoms with Crippen molar-refractivity contribution in [1.82, 2.24) is 14.9 Å². The van der Waals surface area contributed by atoms with Gasteiger partial charge in [-0.1, -0.05) is 31.2 Å². The molecule has 0 saturated heterocycles. The van der Waals surface area contributed by atoms with Crippen LogP contribution >= 0.6 is 0 Å². The number of hydrogen-bond donors (Lipinski definition) is 0. The average Bonchev–Trinajstić information content (AvgIpc) is 2.68. The van der Waals surface area contributed by atoms with E-state index in [9.17, 15) is 0 Å². The first kappa shape index (κ1) is 16.4. The maximum atomic E-state index is 4.84. The van der Waals surface area contributed by atoms with Gasteiger partial charge in [0, 0.05) is 44.4 Å². The first-order valence-electron chi connectivity index (χ1n) is 9.51. The molecule has 0 spiro atoms. The molecule has 0 aliphatic carbocycles. The van der Waals surface area contributed by atoms with Crippen LogP contribution in [0.3, 0.4) is 0 Å². The quantitative estimate of drug-likeness (QED) is 0.858. The molecule has 0 unspecified atom stereocenters. The van der Waals surface area contributed by atoms with Crippen LogP contribution in [0, 0.1) is 0 Å². The molecule has 4 heteroatoms. The minimum Gasteiger partial charge on any atom is -0.294 e. The standard InChI is InChI=1S/C21H26N4/c1-2-16-7-3-4-8-17(16)14-25-12-10-19-18(15-25)13-23-21(24-19)20-9-5-6-11-22-20/h3-4,7-8,13H,2,5-6,9-12,14-15H2,1H3. The van der Waals surface area contributed by atoms with E-state index in [0.717, 1.165) is 57.0 Å². The second-order valence-electron chi connectivity index (χ2n) is 7.03. The van der Waals surface area contributed by atoms with Gasteiger partial charge in [0.25, 0.3) is 0 Å². The molecule has 2 aliphatic heterocycles. The van der Waals surface area contributed by atoms with Gasteiger partial charge in [-0.2, -0.15) is 0 Å². The highest BCUT2D eigenvalue weighted by Gasteiger charge is 2.20. The first-order chi connectivity index (χ1) is 12.3. The number of rotatable bonds is 4. The topological polar surface area (TPSA) is 41.4 Å². The Morgan fingerprint density at radius 2 is 1.96 bits per heavy atom. The smallest absolute Gasteiger partial charge is 0.173 e. The number of nitrogens with zero attached hydrogens (tertiary/aromatic N) is 4. The number of benzene rings is 1. The fraction of sp³-hybridized carbons (Fsp3) is 0.476. The van der Waals surface area contributed by atoms with Crippen LogP contribution in [-0.2, 0) is 25.9 Å². The van der Waals surface area contributed by atoms with Gasteiger partial charge in [-0.3, -0.25) is 9.89 Å². The van der Waals surface area contributed by atoms with Gasteiger partial charge < -0.3 is 0 Å². The molecule has 0 saturated carbocycles.